The van der Waals surface area contributed by atoms with E-state index in [-0.39, 0.29) is 59.5 Å². The van der Waals surface area contributed by atoms with Gasteiger partial charge in [0.25, 0.3) is 0 Å². The molecule has 0 aromatic heterocycles. The molecule has 3 rings (SSSR count). The van der Waals surface area contributed by atoms with E-state index in [0.29, 0.717) is 38.5 Å². The minimum Gasteiger partial charge on any atom is -0.480 e. The Morgan fingerprint density at radius 3 is 0.893 bits per heavy atom. The third-order valence-corrected chi connectivity index (χ3v) is 3.88. The molecule has 3 aliphatic heterocycles. The maximum absolute atomic E-state index is 10.4. The Kier molecular flexibility index (Phi) is 11.8. The first-order valence-corrected chi connectivity index (χ1v) is 8.16. The average molecular weight is 527 g/mol. The number of carbonyl (C=O) groups excluding carboxylic acids is 3. The van der Waals surface area contributed by atoms with E-state index in [9.17, 15) is 28.8 Å². The van der Waals surface area contributed by atoms with Gasteiger partial charge in [0, 0.05) is 61.0 Å². The van der Waals surface area contributed by atoms with Gasteiger partial charge in [-0.2, -0.15) is 0 Å². The maximum Gasteiger partial charge on any atom is 0.326 e. The Morgan fingerprint density at radius 2 is 0.821 bits per heavy atom. The predicted octanol–water partition coefficient (Wildman–Crippen LogP) is -1.95. The third kappa shape index (κ3) is 9.41. The van der Waals surface area contributed by atoms with Crippen LogP contribution in [0.2, 0.25) is 0 Å². The molecule has 0 bridgehead atoms. The van der Waals surface area contributed by atoms with Gasteiger partial charge >= 0.3 is 17.9 Å². The number of hydrogen-bond acceptors (Lipinski definition) is 6. The van der Waals surface area contributed by atoms with Gasteiger partial charge in [-0.25, -0.2) is 14.4 Å². The van der Waals surface area contributed by atoms with Crippen LogP contribution in [0, 0.1) is 41.7 Å². The molecule has 0 aliphatic carbocycles. The Hall–Kier alpha value is -1.80. The van der Waals surface area contributed by atoms with Crippen molar-refractivity contribution in [2.45, 2.75) is 56.7 Å². The Labute approximate surface area is 193 Å². The molecule has 3 fully saturated rings. The second-order valence-electron chi connectivity index (χ2n) is 5.99. The molecular formula is C15H21CeN3O9. The topological polar surface area (TPSA) is 199 Å². The van der Waals surface area contributed by atoms with Gasteiger partial charge in [0.15, 0.2) is 0 Å². The second-order valence-corrected chi connectivity index (χ2v) is 5.99. The standard InChI is InChI=1S/3C5H7NO3.Ce/c3*7-4-2-1-3(6-4)5(8)9;/h3*3H,1-2H2,(H,6,7)(H,8,9);/t3*3-;/m000./s1. The van der Waals surface area contributed by atoms with Gasteiger partial charge in [0.05, 0.1) is 0 Å². The first-order valence-electron chi connectivity index (χ1n) is 8.16. The van der Waals surface area contributed by atoms with Crippen LogP contribution in [-0.2, 0) is 28.8 Å². The molecule has 13 heteroatoms. The third-order valence-electron chi connectivity index (χ3n) is 3.88. The summed E-state index contributed by atoms with van der Waals surface area (Å²) in [5, 5.41) is 31.9. The molecule has 3 amide bonds. The quantitative estimate of drug-likeness (QED) is 0.241. The van der Waals surface area contributed by atoms with Crippen molar-refractivity contribution in [1.29, 1.82) is 0 Å². The van der Waals surface area contributed by atoms with E-state index in [1.807, 2.05) is 0 Å². The maximum atomic E-state index is 10.4. The van der Waals surface area contributed by atoms with Gasteiger partial charge in [-0.15, -0.1) is 0 Å². The van der Waals surface area contributed by atoms with Crippen LogP contribution < -0.4 is 16.0 Å². The van der Waals surface area contributed by atoms with E-state index in [1.165, 1.54) is 0 Å². The van der Waals surface area contributed by atoms with Crippen LogP contribution in [0.3, 0.4) is 0 Å². The van der Waals surface area contributed by atoms with Crippen molar-refractivity contribution in [2.75, 3.05) is 0 Å². The molecule has 0 spiro atoms. The van der Waals surface area contributed by atoms with Crippen LogP contribution >= 0.6 is 0 Å². The van der Waals surface area contributed by atoms with Gasteiger partial charge in [-0.3, -0.25) is 14.4 Å². The van der Waals surface area contributed by atoms with E-state index in [1.54, 1.807) is 0 Å². The van der Waals surface area contributed by atoms with E-state index < -0.39 is 36.0 Å². The molecule has 3 saturated heterocycles. The first-order chi connectivity index (χ1) is 12.6. The molecule has 3 aliphatic rings. The molecule has 12 nitrogen and oxygen atoms in total. The number of amides is 3. The number of nitrogens with one attached hydrogen (secondary N) is 3. The van der Waals surface area contributed by atoms with Crippen molar-refractivity contribution in [3.8, 4) is 0 Å². The van der Waals surface area contributed by atoms with E-state index in [4.69, 9.17) is 15.3 Å². The molecule has 0 saturated carbocycles. The van der Waals surface area contributed by atoms with E-state index in [0.717, 1.165) is 0 Å². The Bertz CT molecular complexity index is 555. The van der Waals surface area contributed by atoms with Gasteiger partial charge in [0.1, 0.15) is 18.1 Å². The molecule has 0 aromatic carbocycles. The fraction of sp³-hybridized carbons (Fsp3) is 0.600. The van der Waals surface area contributed by atoms with Gasteiger partial charge in [-0.1, -0.05) is 0 Å². The van der Waals surface area contributed by atoms with E-state index in [2.05, 4.69) is 16.0 Å². The molecule has 3 atom stereocenters. The van der Waals surface area contributed by atoms with Crippen LogP contribution in [0.4, 0.5) is 0 Å². The Morgan fingerprint density at radius 1 is 0.607 bits per heavy atom. The number of rotatable bonds is 3. The molecule has 3 heterocycles. The number of carboxylic acid groups (broad SMARTS) is 3. The van der Waals surface area contributed by atoms with Gasteiger partial charge < -0.3 is 31.3 Å². The summed E-state index contributed by atoms with van der Waals surface area (Å²) < 4.78 is 0. The SMILES string of the molecule is O=C1CC[C@@H](C(=O)O)N1.O=C1CC[C@@H](C(=O)O)N1.O=C1CC[C@@H](C(=O)O)N1.[Ce]. The van der Waals surface area contributed by atoms with Crippen LogP contribution in [0.1, 0.15) is 38.5 Å². The summed E-state index contributed by atoms with van der Waals surface area (Å²) in [6, 6.07) is -1.92. The van der Waals surface area contributed by atoms with Crippen molar-refractivity contribution < 1.29 is 85.8 Å². The summed E-state index contributed by atoms with van der Waals surface area (Å²) in [6.45, 7) is 0. The Balaban J connectivity index is 0.000000384. The zero-order valence-electron chi connectivity index (χ0n) is 14.8. The molecule has 6 N–H and O–H groups in total. The molecule has 0 radical (unpaired) electrons. The molecule has 0 unspecified atom stereocenters. The monoisotopic (exact) mass is 527 g/mol. The fourth-order valence-electron chi connectivity index (χ4n) is 2.40. The zero-order valence-corrected chi connectivity index (χ0v) is 17.9. The number of carboxylic acids is 3. The number of carbonyl (C=O) groups is 6. The summed E-state index contributed by atoms with van der Waals surface area (Å²) in [5.74, 6) is -3.32. The van der Waals surface area contributed by atoms with Crippen molar-refractivity contribution >= 4 is 35.6 Å². The van der Waals surface area contributed by atoms with Crippen LogP contribution in [-0.4, -0.2) is 69.1 Å². The molecule has 28 heavy (non-hydrogen) atoms. The molecular weight excluding hydrogens is 506 g/mol. The smallest absolute Gasteiger partial charge is 0.326 e. The van der Waals surface area contributed by atoms with Crippen LogP contribution in [0.15, 0.2) is 0 Å². The zero-order chi connectivity index (χ0) is 20.6. The van der Waals surface area contributed by atoms with Crippen molar-refractivity contribution in [3.05, 3.63) is 0 Å². The summed E-state index contributed by atoms with van der Waals surface area (Å²) in [4.78, 5) is 61.5. The number of hydrogen-bond donors (Lipinski definition) is 6. The van der Waals surface area contributed by atoms with Crippen molar-refractivity contribution in [1.82, 2.24) is 16.0 Å². The van der Waals surface area contributed by atoms with Crippen LogP contribution in [0.5, 0.6) is 0 Å². The number of aliphatic carboxylic acids is 3. The second kappa shape index (κ2) is 12.6. The predicted molar refractivity (Wildman–Crippen MR) is 86.4 cm³/mol. The normalized spacial score (nSPS) is 24.9. The largest absolute Gasteiger partial charge is 0.480 e. The average Bonchev–Trinajstić information content (AvgIpc) is 3.30. The molecule has 0 aromatic rings. The van der Waals surface area contributed by atoms with Crippen molar-refractivity contribution in [2.24, 2.45) is 0 Å². The van der Waals surface area contributed by atoms with Gasteiger partial charge in [-0.05, 0) is 19.3 Å². The summed E-state index contributed by atoms with van der Waals surface area (Å²) in [5.41, 5.74) is 0. The minimum absolute atomic E-state index is 0. The first kappa shape index (κ1) is 26.2. The van der Waals surface area contributed by atoms with Crippen LogP contribution in [0.25, 0.3) is 0 Å². The summed E-state index contributed by atoms with van der Waals surface area (Å²) >= 11 is 0. The fourth-order valence-corrected chi connectivity index (χ4v) is 2.40. The van der Waals surface area contributed by atoms with Gasteiger partial charge in [0.2, 0.25) is 17.7 Å². The molecule has 154 valence electrons. The van der Waals surface area contributed by atoms with Crippen molar-refractivity contribution in [3.63, 3.8) is 0 Å². The summed E-state index contributed by atoms with van der Waals surface area (Å²) in [7, 11) is 0. The summed E-state index contributed by atoms with van der Waals surface area (Å²) in [6.07, 6.45) is 2.31. The van der Waals surface area contributed by atoms with E-state index >= 15 is 0 Å². The minimum atomic E-state index is -0.944.